The van der Waals surface area contributed by atoms with Crippen LogP contribution in [0.3, 0.4) is 0 Å². The van der Waals surface area contributed by atoms with Gasteiger partial charge in [-0.25, -0.2) is 0 Å². The largest absolute Gasteiger partial charge is 0.480 e. The molecule has 1 heterocycles. The van der Waals surface area contributed by atoms with Gasteiger partial charge in [0.15, 0.2) is 0 Å². The summed E-state index contributed by atoms with van der Waals surface area (Å²) >= 11 is 1.35. The summed E-state index contributed by atoms with van der Waals surface area (Å²) in [5.74, 6) is -1.49. The summed E-state index contributed by atoms with van der Waals surface area (Å²) in [5.41, 5.74) is 0.755. The molecule has 2 amide bonds. The van der Waals surface area contributed by atoms with Crippen molar-refractivity contribution in [2.45, 2.75) is 35.4 Å². The molecule has 1 fully saturated rings. The summed E-state index contributed by atoms with van der Waals surface area (Å²) in [6.07, 6.45) is 1.70. The van der Waals surface area contributed by atoms with Crippen LogP contribution in [0.1, 0.15) is 19.3 Å². The van der Waals surface area contributed by atoms with Crippen molar-refractivity contribution in [2.24, 2.45) is 0 Å². The minimum Gasteiger partial charge on any atom is -0.480 e. The SMILES string of the molecule is O=C(O)CN(C(=O)C[C@@H]1Sc2ccccc2NC1=O)C1CC1. The Morgan fingerprint density at radius 3 is 2.73 bits per heavy atom. The number of rotatable bonds is 5. The van der Waals surface area contributed by atoms with Crippen LogP contribution in [0.15, 0.2) is 29.2 Å². The monoisotopic (exact) mass is 320 g/mol. The van der Waals surface area contributed by atoms with E-state index < -0.39 is 11.2 Å². The van der Waals surface area contributed by atoms with Crippen molar-refractivity contribution in [1.29, 1.82) is 0 Å². The van der Waals surface area contributed by atoms with Crippen LogP contribution >= 0.6 is 11.8 Å². The predicted octanol–water partition coefficient (Wildman–Crippen LogP) is 1.57. The fourth-order valence-electron chi connectivity index (χ4n) is 2.46. The Labute approximate surface area is 131 Å². The lowest BCUT2D eigenvalue weighted by Gasteiger charge is -2.26. The Hall–Kier alpha value is -2.02. The van der Waals surface area contributed by atoms with Gasteiger partial charge in [0.05, 0.1) is 10.9 Å². The Morgan fingerprint density at radius 2 is 2.05 bits per heavy atom. The molecule has 0 spiro atoms. The number of fused-ring (bicyclic) bond motifs is 1. The van der Waals surface area contributed by atoms with E-state index in [4.69, 9.17) is 5.11 Å². The third-order valence-corrected chi connectivity index (χ3v) is 4.96. The molecule has 1 aromatic rings. The fourth-order valence-corrected chi connectivity index (χ4v) is 3.56. The highest BCUT2D eigenvalue weighted by molar-refractivity contribution is 8.01. The van der Waals surface area contributed by atoms with Crippen LogP contribution in [0.2, 0.25) is 0 Å². The maximum atomic E-state index is 12.4. The summed E-state index contributed by atoms with van der Waals surface area (Å²) in [6.45, 7) is -0.293. The second-order valence-corrected chi connectivity index (χ2v) is 6.69. The number of anilines is 1. The minimum atomic E-state index is -1.02. The topological polar surface area (TPSA) is 86.7 Å². The molecule has 1 atom stereocenters. The van der Waals surface area contributed by atoms with Crippen LogP contribution in [0.4, 0.5) is 5.69 Å². The van der Waals surface area contributed by atoms with Gasteiger partial charge in [-0.1, -0.05) is 12.1 Å². The summed E-state index contributed by atoms with van der Waals surface area (Å²) in [4.78, 5) is 37.7. The Balaban J connectivity index is 1.68. The van der Waals surface area contributed by atoms with E-state index >= 15 is 0 Å². The molecule has 0 saturated heterocycles. The Kier molecular flexibility index (Phi) is 4.06. The molecule has 116 valence electrons. The van der Waals surface area contributed by atoms with Gasteiger partial charge < -0.3 is 15.3 Å². The fraction of sp³-hybridized carbons (Fsp3) is 0.400. The van der Waals surface area contributed by atoms with E-state index in [-0.39, 0.29) is 30.8 Å². The van der Waals surface area contributed by atoms with Crippen LogP contribution in [-0.2, 0) is 14.4 Å². The number of benzene rings is 1. The molecule has 1 saturated carbocycles. The van der Waals surface area contributed by atoms with Crippen molar-refractivity contribution in [3.05, 3.63) is 24.3 Å². The van der Waals surface area contributed by atoms with Crippen molar-refractivity contribution in [3.63, 3.8) is 0 Å². The zero-order valence-corrected chi connectivity index (χ0v) is 12.6. The molecule has 0 bridgehead atoms. The van der Waals surface area contributed by atoms with E-state index in [0.29, 0.717) is 0 Å². The smallest absolute Gasteiger partial charge is 0.323 e. The number of nitrogens with zero attached hydrogens (tertiary/aromatic N) is 1. The van der Waals surface area contributed by atoms with Gasteiger partial charge in [0.1, 0.15) is 6.54 Å². The van der Waals surface area contributed by atoms with E-state index in [0.717, 1.165) is 23.4 Å². The first-order valence-electron chi connectivity index (χ1n) is 7.12. The number of carbonyl (C=O) groups is 3. The molecule has 1 aromatic carbocycles. The summed E-state index contributed by atoms with van der Waals surface area (Å²) in [7, 11) is 0. The second-order valence-electron chi connectivity index (χ2n) is 5.44. The predicted molar refractivity (Wildman–Crippen MR) is 81.7 cm³/mol. The molecule has 0 radical (unpaired) electrons. The van der Waals surface area contributed by atoms with Gasteiger partial charge in [-0.2, -0.15) is 0 Å². The Morgan fingerprint density at radius 1 is 1.32 bits per heavy atom. The summed E-state index contributed by atoms with van der Waals surface area (Å²) in [6, 6.07) is 7.45. The standard InChI is InChI=1S/C15H16N2O4S/c18-13(17(8-14(19)20)9-5-6-9)7-12-15(21)16-10-3-1-2-4-11(10)22-12/h1-4,9,12H,5-8H2,(H,16,21)(H,19,20)/t12-/m0/s1. The molecular weight excluding hydrogens is 304 g/mol. The van der Waals surface area contributed by atoms with Crippen LogP contribution in [0.25, 0.3) is 0 Å². The number of para-hydroxylation sites is 1. The van der Waals surface area contributed by atoms with Crippen LogP contribution in [0.5, 0.6) is 0 Å². The molecular formula is C15H16N2O4S. The number of hydrogen-bond acceptors (Lipinski definition) is 4. The highest BCUT2D eigenvalue weighted by Gasteiger charge is 2.37. The number of amides is 2. The second kappa shape index (κ2) is 6.00. The molecule has 1 aliphatic carbocycles. The number of carboxylic acids is 1. The van der Waals surface area contributed by atoms with E-state index in [1.165, 1.54) is 16.7 Å². The first-order valence-corrected chi connectivity index (χ1v) is 8.00. The molecule has 2 aliphatic rings. The van der Waals surface area contributed by atoms with Crippen molar-refractivity contribution < 1.29 is 19.5 Å². The highest BCUT2D eigenvalue weighted by atomic mass is 32.2. The third-order valence-electron chi connectivity index (χ3n) is 3.68. The van der Waals surface area contributed by atoms with Crippen LogP contribution < -0.4 is 5.32 Å². The van der Waals surface area contributed by atoms with Gasteiger partial charge in [0.25, 0.3) is 0 Å². The van der Waals surface area contributed by atoms with Crippen molar-refractivity contribution >= 4 is 35.2 Å². The van der Waals surface area contributed by atoms with E-state index in [1.54, 1.807) is 0 Å². The lowest BCUT2D eigenvalue weighted by Crippen LogP contribution is -2.41. The lowest BCUT2D eigenvalue weighted by atomic mass is 10.2. The zero-order valence-electron chi connectivity index (χ0n) is 11.8. The number of thioether (sulfide) groups is 1. The number of aliphatic carboxylic acids is 1. The molecule has 0 unspecified atom stereocenters. The van der Waals surface area contributed by atoms with Gasteiger partial charge >= 0.3 is 5.97 Å². The van der Waals surface area contributed by atoms with Crippen molar-refractivity contribution in [1.82, 2.24) is 4.90 Å². The third kappa shape index (κ3) is 3.24. The van der Waals surface area contributed by atoms with E-state index in [2.05, 4.69) is 5.32 Å². The van der Waals surface area contributed by atoms with E-state index in [1.807, 2.05) is 24.3 Å². The molecule has 1 aliphatic heterocycles. The number of carbonyl (C=O) groups excluding carboxylic acids is 2. The normalized spacial score (nSPS) is 20.0. The average molecular weight is 320 g/mol. The van der Waals surface area contributed by atoms with Crippen LogP contribution in [0, 0.1) is 0 Å². The average Bonchev–Trinajstić information content (AvgIpc) is 3.29. The summed E-state index contributed by atoms with van der Waals surface area (Å²) in [5, 5.41) is 11.2. The first kappa shape index (κ1) is 14.9. The first-order chi connectivity index (χ1) is 10.5. The summed E-state index contributed by atoms with van der Waals surface area (Å²) < 4.78 is 0. The molecule has 6 nitrogen and oxygen atoms in total. The van der Waals surface area contributed by atoms with Gasteiger partial charge in [0, 0.05) is 17.4 Å². The van der Waals surface area contributed by atoms with Gasteiger partial charge in [0.2, 0.25) is 11.8 Å². The maximum Gasteiger partial charge on any atom is 0.323 e. The van der Waals surface area contributed by atoms with Gasteiger partial charge in [-0.3, -0.25) is 14.4 Å². The quantitative estimate of drug-likeness (QED) is 0.860. The number of nitrogens with one attached hydrogen (secondary N) is 1. The molecule has 3 rings (SSSR count). The molecule has 22 heavy (non-hydrogen) atoms. The number of hydrogen-bond donors (Lipinski definition) is 2. The maximum absolute atomic E-state index is 12.4. The molecule has 0 aromatic heterocycles. The lowest BCUT2D eigenvalue weighted by molar-refractivity contribution is -0.145. The Bertz CT molecular complexity index is 630. The zero-order chi connectivity index (χ0) is 15.7. The van der Waals surface area contributed by atoms with Crippen molar-refractivity contribution in [3.8, 4) is 0 Å². The van der Waals surface area contributed by atoms with Crippen molar-refractivity contribution in [2.75, 3.05) is 11.9 Å². The van der Waals surface area contributed by atoms with E-state index in [9.17, 15) is 14.4 Å². The highest BCUT2D eigenvalue weighted by Crippen LogP contribution is 2.37. The number of carboxylic acid groups (broad SMARTS) is 1. The van der Waals surface area contributed by atoms with Gasteiger partial charge in [-0.15, -0.1) is 11.8 Å². The van der Waals surface area contributed by atoms with Gasteiger partial charge in [-0.05, 0) is 25.0 Å². The molecule has 2 N–H and O–H groups in total. The molecule has 7 heteroatoms. The van der Waals surface area contributed by atoms with Crippen LogP contribution in [-0.4, -0.2) is 45.6 Å². The minimum absolute atomic E-state index is 0.0209.